The average molecular weight is 200 g/mol. The summed E-state index contributed by atoms with van der Waals surface area (Å²) in [6.07, 6.45) is 0. The van der Waals surface area contributed by atoms with Gasteiger partial charge in [0.25, 0.3) is 0 Å². The van der Waals surface area contributed by atoms with Gasteiger partial charge >= 0.3 is 0 Å². The zero-order valence-corrected chi connectivity index (χ0v) is 7.80. The molecule has 0 aliphatic carbocycles. The van der Waals surface area contributed by atoms with E-state index in [0.29, 0.717) is 15.8 Å². The van der Waals surface area contributed by atoms with Crippen LogP contribution in [-0.2, 0) is 0 Å². The first kappa shape index (κ1) is 8.55. The minimum absolute atomic E-state index is 0.108. The molecule has 1 aromatic carbocycles. The van der Waals surface area contributed by atoms with Crippen LogP contribution < -0.4 is 0 Å². The number of phenols is 1. The highest BCUT2D eigenvalue weighted by molar-refractivity contribution is 7.19. The molecule has 0 spiro atoms. The maximum Gasteiger partial charge on any atom is 0.123 e. The lowest BCUT2D eigenvalue weighted by molar-refractivity contribution is 0.476. The summed E-state index contributed by atoms with van der Waals surface area (Å²) in [5, 5.41) is 27.5. The molecule has 1 heterocycles. The molecular weight excluding hydrogens is 196 g/mol. The summed E-state index contributed by atoms with van der Waals surface area (Å²) >= 11 is 1.26. The highest BCUT2D eigenvalue weighted by atomic mass is 32.1. The van der Waals surface area contributed by atoms with Gasteiger partial charge in [0.2, 0.25) is 0 Å². The maximum atomic E-state index is 9.24. The monoisotopic (exact) mass is 200 g/mol. The summed E-state index contributed by atoms with van der Waals surface area (Å²) in [6, 6.07) is 8.70. The molecule has 0 bridgehead atoms. The van der Waals surface area contributed by atoms with Crippen molar-refractivity contribution in [1.82, 2.24) is 0 Å². The average Bonchev–Trinajstić information content (AvgIpc) is 2.54. The Labute approximate surface area is 84.1 Å². The number of phenolic OH excluding ortho intramolecular Hbond substituents is 1. The normalized spacial score (nSPS) is 9.57. The van der Waals surface area contributed by atoms with Crippen LogP contribution in [0.2, 0.25) is 0 Å². The lowest BCUT2D eigenvalue weighted by Crippen LogP contribution is -1.74. The van der Waals surface area contributed by atoms with Crippen LogP contribution >= 0.6 is 11.3 Å². The molecule has 0 atom stereocenters. The first-order valence-corrected chi connectivity index (χ1v) is 4.63. The molecular formula is C10H4N2OS. The predicted octanol–water partition coefficient (Wildman–Crippen LogP) is 2.35. The van der Waals surface area contributed by atoms with E-state index < -0.39 is 0 Å². The zero-order valence-electron chi connectivity index (χ0n) is 6.98. The van der Waals surface area contributed by atoms with E-state index in [4.69, 9.17) is 10.5 Å². The van der Waals surface area contributed by atoms with Gasteiger partial charge in [-0.2, -0.15) is 10.5 Å². The zero-order chi connectivity index (χ0) is 10.1. The van der Waals surface area contributed by atoms with Crippen molar-refractivity contribution < 1.29 is 5.11 Å². The first-order chi connectivity index (χ1) is 6.76. The van der Waals surface area contributed by atoms with Crippen molar-refractivity contribution in [3.63, 3.8) is 0 Å². The Morgan fingerprint density at radius 2 is 2.00 bits per heavy atom. The molecule has 66 valence electrons. The van der Waals surface area contributed by atoms with E-state index in [1.807, 2.05) is 12.1 Å². The molecule has 3 nitrogen and oxygen atoms in total. The fourth-order valence-electron chi connectivity index (χ4n) is 1.28. The Hall–Kier alpha value is -2.04. The molecule has 0 aliphatic rings. The largest absolute Gasteiger partial charge is 0.508 e. The van der Waals surface area contributed by atoms with Crippen LogP contribution in [0.5, 0.6) is 5.75 Å². The third-order valence-electron chi connectivity index (χ3n) is 1.88. The number of hydrogen-bond donors (Lipinski definition) is 1. The van der Waals surface area contributed by atoms with Crippen molar-refractivity contribution in [1.29, 1.82) is 10.5 Å². The molecule has 0 unspecified atom stereocenters. The van der Waals surface area contributed by atoms with Gasteiger partial charge in [0.05, 0.1) is 5.56 Å². The van der Waals surface area contributed by atoms with Crippen molar-refractivity contribution in [2.45, 2.75) is 0 Å². The lowest BCUT2D eigenvalue weighted by atomic mass is 10.1. The lowest BCUT2D eigenvalue weighted by Gasteiger charge is -1.91. The summed E-state index contributed by atoms with van der Waals surface area (Å²) in [7, 11) is 0. The Bertz CT molecular complexity index is 586. The van der Waals surface area contributed by atoms with E-state index in [-0.39, 0.29) is 5.75 Å². The van der Waals surface area contributed by atoms with Crippen LogP contribution in [0.1, 0.15) is 10.4 Å². The SMILES string of the molecule is N#Cc1sc2ccc(O)cc2c1C#N. The summed E-state index contributed by atoms with van der Waals surface area (Å²) in [6.45, 7) is 0. The number of nitrogens with zero attached hydrogens (tertiary/aromatic N) is 2. The molecule has 0 saturated carbocycles. The summed E-state index contributed by atoms with van der Waals surface area (Å²) in [5.41, 5.74) is 0.350. The van der Waals surface area contributed by atoms with Gasteiger partial charge in [-0.05, 0) is 18.2 Å². The topological polar surface area (TPSA) is 67.8 Å². The van der Waals surface area contributed by atoms with Crippen molar-refractivity contribution in [2.75, 3.05) is 0 Å². The quantitative estimate of drug-likeness (QED) is 0.709. The minimum Gasteiger partial charge on any atom is -0.508 e. The fraction of sp³-hybridized carbons (Fsp3) is 0. The number of hydrogen-bond acceptors (Lipinski definition) is 4. The van der Waals surface area contributed by atoms with Crippen LogP contribution in [0.15, 0.2) is 18.2 Å². The molecule has 1 N–H and O–H groups in total. The smallest absolute Gasteiger partial charge is 0.123 e. The van der Waals surface area contributed by atoms with Gasteiger partial charge in [-0.25, -0.2) is 0 Å². The van der Waals surface area contributed by atoms with Crippen molar-refractivity contribution in [3.05, 3.63) is 28.6 Å². The van der Waals surface area contributed by atoms with Gasteiger partial charge < -0.3 is 5.11 Å². The van der Waals surface area contributed by atoms with Gasteiger partial charge in [-0.15, -0.1) is 11.3 Å². The maximum absolute atomic E-state index is 9.24. The van der Waals surface area contributed by atoms with Crippen molar-refractivity contribution >= 4 is 21.4 Å². The Morgan fingerprint density at radius 3 is 2.64 bits per heavy atom. The molecule has 4 heteroatoms. The standard InChI is InChI=1S/C10H4N2OS/c11-4-8-7-3-6(13)1-2-9(7)14-10(8)5-12/h1-3,13H. The fourth-order valence-corrected chi connectivity index (χ4v) is 2.21. The molecule has 0 amide bonds. The molecule has 2 aromatic rings. The summed E-state index contributed by atoms with van der Waals surface area (Å²) in [4.78, 5) is 0.396. The highest BCUT2D eigenvalue weighted by Crippen LogP contribution is 2.32. The molecule has 1 aromatic heterocycles. The van der Waals surface area contributed by atoms with Crippen LogP contribution in [0.3, 0.4) is 0 Å². The Kier molecular flexibility index (Phi) is 1.85. The predicted molar refractivity (Wildman–Crippen MR) is 52.9 cm³/mol. The third kappa shape index (κ3) is 1.10. The summed E-state index contributed by atoms with van der Waals surface area (Å²) in [5.74, 6) is 0.108. The number of fused-ring (bicyclic) bond motifs is 1. The van der Waals surface area contributed by atoms with Gasteiger partial charge in [0.1, 0.15) is 22.8 Å². The van der Waals surface area contributed by atoms with Crippen molar-refractivity contribution in [3.8, 4) is 17.9 Å². The van der Waals surface area contributed by atoms with Crippen LogP contribution in [0.25, 0.3) is 10.1 Å². The molecule has 2 rings (SSSR count). The van der Waals surface area contributed by atoms with Crippen LogP contribution in [0.4, 0.5) is 0 Å². The van der Waals surface area contributed by atoms with Gasteiger partial charge in [-0.1, -0.05) is 0 Å². The number of rotatable bonds is 0. The van der Waals surface area contributed by atoms with Crippen molar-refractivity contribution in [2.24, 2.45) is 0 Å². The first-order valence-electron chi connectivity index (χ1n) is 3.82. The second kappa shape index (κ2) is 3.02. The Morgan fingerprint density at radius 1 is 1.21 bits per heavy atom. The number of thiophene rings is 1. The second-order valence-corrected chi connectivity index (χ2v) is 3.76. The van der Waals surface area contributed by atoms with E-state index in [0.717, 1.165) is 4.70 Å². The van der Waals surface area contributed by atoms with Crippen LogP contribution in [-0.4, -0.2) is 5.11 Å². The summed E-state index contributed by atoms with van der Waals surface area (Å²) < 4.78 is 0.843. The number of aromatic hydroxyl groups is 1. The third-order valence-corrected chi connectivity index (χ3v) is 2.96. The van der Waals surface area contributed by atoms with Gasteiger partial charge in [0.15, 0.2) is 0 Å². The molecule has 0 aliphatic heterocycles. The van der Waals surface area contributed by atoms with Gasteiger partial charge in [-0.3, -0.25) is 0 Å². The van der Waals surface area contributed by atoms with Crippen LogP contribution in [0, 0.1) is 22.7 Å². The van der Waals surface area contributed by atoms with E-state index in [1.165, 1.54) is 17.4 Å². The van der Waals surface area contributed by atoms with E-state index >= 15 is 0 Å². The van der Waals surface area contributed by atoms with E-state index in [1.54, 1.807) is 12.1 Å². The second-order valence-electron chi connectivity index (χ2n) is 2.71. The van der Waals surface area contributed by atoms with Gasteiger partial charge in [0, 0.05) is 10.1 Å². The highest BCUT2D eigenvalue weighted by Gasteiger charge is 2.11. The molecule has 0 radical (unpaired) electrons. The Balaban J connectivity index is 2.92. The number of nitriles is 2. The molecule has 0 fully saturated rings. The number of benzene rings is 1. The minimum atomic E-state index is 0.108. The molecule has 14 heavy (non-hydrogen) atoms. The van der Waals surface area contributed by atoms with E-state index in [9.17, 15) is 5.11 Å². The molecule has 0 saturated heterocycles. The van der Waals surface area contributed by atoms with E-state index in [2.05, 4.69) is 0 Å².